The second-order valence-corrected chi connectivity index (χ2v) is 6.41. The van der Waals surface area contributed by atoms with Crippen molar-refractivity contribution >= 4 is 35.8 Å². The van der Waals surface area contributed by atoms with Crippen LogP contribution in [0.15, 0.2) is 29.3 Å². The normalized spacial score (nSPS) is 10.9. The largest absolute Gasteiger partial charge is 0.497 e. The van der Waals surface area contributed by atoms with Gasteiger partial charge in [0.2, 0.25) is 5.91 Å². The number of hydrogen-bond donors (Lipinski definition) is 1. The minimum absolute atomic E-state index is 0. The van der Waals surface area contributed by atoms with Crippen LogP contribution in [0.25, 0.3) is 0 Å². The van der Waals surface area contributed by atoms with E-state index in [0.717, 1.165) is 43.3 Å². The number of ether oxygens (including phenoxy) is 2. The Morgan fingerprint density at radius 3 is 2.34 bits per heavy atom. The average Bonchev–Trinajstić information content (AvgIpc) is 2.71. The number of benzene rings is 1. The lowest BCUT2D eigenvalue weighted by molar-refractivity contribution is -0.131. The van der Waals surface area contributed by atoms with Gasteiger partial charge in [0.05, 0.1) is 20.3 Å². The number of carbonyl (C=O) groups is 1. The van der Waals surface area contributed by atoms with Crippen molar-refractivity contribution in [1.82, 2.24) is 15.1 Å². The van der Waals surface area contributed by atoms with E-state index in [4.69, 9.17) is 9.47 Å². The molecule has 0 unspecified atom stereocenters. The number of aliphatic imine (C=N–C) groups is 1. The van der Waals surface area contributed by atoms with E-state index in [-0.39, 0.29) is 29.9 Å². The molecule has 0 aliphatic heterocycles. The fraction of sp³-hybridized carbons (Fsp3) is 0.619. The number of amides is 1. The maximum atomic E-state index is 12.3. The summed E-state index contributed by atoms with van der Waals surface area (Å²) in [6.07, 6.45) is 0.822. The maximum Gasteiger partial charge on any atom is 0.242 e. The molecule has 0 aromatic heterocycles. The zero-order valence-electron chi connectivity index (χ0n) is 18.4. The van der Waals surface area contributed by atoms with E-state index in [1.807, 2.05) is 61.9 Å². The Kier molecular flexibility index (Phi) is 15.4. The first-order valence-corrected chi connectivity index (χ1v) is 10.0. The van der Waals surface area contributed by atoms with Crippen molar-refractivity contribution in [1.29, 1.82) is 0 Å². The summed E-state index contributed by atoms with van der Waals surface area (Å²) in [6.45, 7) is 10.4. The van der Waals surface area contributed by atoms with Gasteiger partial charge in [-0.2, -0.15) is 0 Å². The number of carbonyl (C=O) groups excluding carboxylic acids is 1. The van der Waals surface area contributed by atoms with Gasteiger partial charge in [-0.25, -0.2) is 0 Å². The topological polar surface area (TPSA) is 66.4 Å². The van der Waals surface area contributed by atoms with E-state index in [1.54, 1.807) is 7.11 Å². The number of guanidine groups is 1. The van der Waals surface area contributed by atoms with Crippen LogP contribution in [0.4, 0.5) is 0 Å². The van der Waals surface area contributed by atoms with Gasteiger partial charge in [0.25, 0.3) is 0 Å². The highest BCUT2D eigenvalue weighted by Gasteiger charge is 2.14. The van der Waals surface area contributed by atoms with Crippen LogP contribution in [0.2, 0.25) is 0 Å². The molecule has 0 heterocycles. The highest BCUT2D eigenvalue weighted by Crippen LogP contribution is 2.11. The predicted octanol–water partition coefficient (Wildman–Crippen LogP) is 2.99. The molecule has 1 rings (SSSR count). The molecular weight excluding hydrogens is 483 g/mol. The van der Waals surface area contributed by atoms with Gasteiger partial charge >= 0.3 is 0 Å². The Labute approximate surface area is 192 Å². The van der Waals surface area contributed by atoms with Crippen LogP contribution in [-0.2, 0) is 16.1 Å². The first-order chi connectivity index (χ1) is 13.5. The fourth-order valence-electron chi connectivity index (χ4n) is 2.69. The lowest BCUT2D eigenvalue weighted by Crippen LogP contribution is -2.45. The summed E-state index contributed by atoms with van der Waals surface area (Å²) in [5, 5.41) is 3.24. The minimum atomic E-state index is 0. The molecule has 0 saturated carbocycles. The van der Waals surface area contributed by atoms with Crippen molar-refractivity contribution in [3.8, 4) is 5.75 Å². The quantitative estimate of drug-likeness (QED) is 0.199. The molecule has 7 nitrogen and oxygen atoms in total. The summed E-state index contributed by atoms with van der Waals surface area (Å²) in [6, 6.07) is 7.87. The Balaban J connectivity index is 0.00000784. The van der Waals surface area contributed by atoms with Crippen LogP contribution in [0.5, 0.6) is 5.75 Å². The summed E-state index contributed by atoms with van der Waals surface area (Å²) in [4.78, 5) is 20.6. The van der Waals surface area contributed by atoms with E-state index >= 15 is 0 Å². The second-order valence-electron chi connectivity index (χ2n) is 6.41. The summed E-state index contributed by atoms with van der Waals surface area (Å²) in [5.74, 6) is 1.71. The van der Waals surface area contributed by atoms with Gasteiger partial charge in [-0.15, -0.1) is 24.0 Å². The Morgan fingerprint density at radius 1 is 1.14 bits per heavy atom. The Morgan fingerprint density at radius 2 is 1.79 bits per heavy atom. The van der Waals surface area contributed by atoms with E-state index in [2.05, 4.69) is 10.3 Å². The van der Waals surface area contributed by atoms with Crippen LogP contribution in [0.1, 0.15) is 32.8 Å². The molecule has 1 N–H and O–H groups in total. The van der Waals surface area contributed by atoms with Crippen molar-refractivity contribution in [2.45, 2.75) is 33.8 Å². The third kappa shape index (κ3) is 10.7. The molecule has 29 heavy (non-hydrogen) atoms. The SMILES string of the molecule is CCNC(=NCCCOCc1ccc(OC)cc1)N(C)CC(=O)N(CC)CC.I. The fourth-order valence-corrected chi connectivity index (χ4v) is 2.69. The molecule has 0 aliphatic rings. The van der Waals surface area contributed by atoms with Crippen molar-refractivity contribution in [3.63, 3.8) is 0 Å². The molecule has 1 aromatic carbocycles. The maximum absolute atomic E-state index is 12.3. The first-order valence-electron chi connectivity index (χ1n) is 10.0. The average molecular weight is 520 g/mol. The highest BCUT2D eigenvalue weighted by atomic mass is 127. The van der Waals surface area contributed by atoms with Gasteiger partial charge in [0, 0.05) is 39.8 Å². The van der Waals surface area contributed by atoms with Gasteiger partial charge in [-0.1, -0.05) is 12.1 Å². The molecule has 0 spiro atoms. The summed E-state index contributed by atoms with van der Waals surface area (Å²) >= 11 is 0. The van der Waals surface area contributed by atoms with Crippen LogP contribution in [0.3, 0.4) is 0 Å². The minimum Gasteiger partial charge on any atom is -0.497 e. The van der Waals surface area contributed by atoms with Crippen LogP contribution >= 0.6 is 24.0 Å². The molecule has 0 bridgehead atoms. The number of halogens is 1. The van der Waals surface area contributed by atoms with E-state index in [1.165, 1.54) is 0 Å². The molecule has 166 valence electrons. The molecule has 0 saturated heterocycles. The predicted molar refractivity (Wildman–Crippen MR) is 129 cm³/mol. The standard InChI is InChI=1S/C21H36N4O3.HI/c1-6-22-21(24(4)16-20(26)25(7-2)8-3)23-14-9-15-28-17-18-10-12-19(27-5)13-11-18;/h10-13H,6-9,14-17H2,1-5H3,(H,22,23);1H. The van der Waals surface area contributed by atoms with Gasteiger partial charge < -0.3 is 24.6 Å². The number of rotatable bonds is 12. The van der Waals surface area contributed by atoms with E-state index in [9.17, 15) is 4.79 Å². The molecular formula is C21H37IN4O3. The summed E-state index contributed by atoms with van der Waals surface area (Å²) < 4.78 is 10.9. The van der Waals surface area contributed by atoms with Crippen LogP contribution in [0, 0.1) is 0 Å². The van der Waals surface area contributed by atoms with Crippen LogP contribution < -0.4 is 10.1 Å². The van der Waals surface area contributed by atoms with Crippen molar-refractivity contribution in [2.75, 3.05) is 53.5 Å². The van der Waals surface area contributed by atoms with E-state index in [0.29, 0.717) is 26.3 Å². The van der Waals surface area contributed by atoms with Gasteiger partial charge in [-0.3, -0.25) is 9.79 Å². The molecule has 0 fully saturated rings. The Bertz CT molecular complexity index is 592. The third-order valence-corrected chi connectivity index (χ3v) is 4.32. The highest BCUT2D eigenvalue weighted by molar-refractivity contribution is 14.0. The second kappa shape index (κ2) is 16.3. The van der Waals surface area contributed by atoms with Crippen molar-refractivity contribution in [3.05, 3.63) is 29.8 Å². The number of methoxy groups -OCH3 is 1. The zero-order valence-corrected chi connectivity index (χ0v) is 20.8. The third-order valence-electron chi connectivity index (χ3n) is 4.32. The van der Waals surface area contributed by atoms with Crippen molar-refractivity contribution < 1.29 is 14.3 Å². The monoisotopic (exact) mass is 520 g/mol. The zero-order chi connectivity index (χ0) is 20.8. The lowest BCUT2D eigenvalue weighted by atomic mass is 10.2. The summed E-state index contributed by atoms with van der Waals surface area (Å²) in [7, 11) is 3.55. The molecule has 8 heteroatoms. The van der Waals surface area contributed by atoms with Gasteiger partial charge in [0.1, 0.15) is 5.75 Å². The van der Waals surface area contributed by atoms with Crippen LogP contribution in [-0.4, -0.2) is 75.2 Å². The first kappa shape index (κ1) is 27.5. The smallest absolute Gasteiger partial charge is 0.242 e. The Hall–Kier alpha value is -1.55. The lowest BCUT2D eigenvalue weighted by Gasteiger charge is -2.25. The molecule has 1 amide bonds. The molecule has 0 atom stereocenters. The number of nitrogens with one attached hydrogen (secondary N) is 1. The van der Waals surface area contributed by atoms with E-state index < -0.39 is 0 Å². The summed E-state index contributed by atoms with van der Waals surface area (Å²) in [5.41, 5.74) is 1.12. The molecule has 0 aliphatic carbocycles. The molecule has 1 aromatic rings. The van der Waals surface area contributed by atoms with Gasteiger partial charge in [0.15, 0.2) is 5.96 Å². The number of nitrogens with zero attached hydrogens (tertiary/aromatic N) is 3. The number of likely N-dealkylation sites (N-methyl/N-ethyl adjacent to an activating group) is 2. The van der Waals surface area contributed by atoms with Gasteiger partial charge in [-0.05, 0) is 44.9 Å². The molecule has 0 radical (unpaired) electrons. The number of hydrogen-bond acceptors (Lipinski definition) is 4. The van der Waals surface area contributed by atoms with Crippen molar-refractivity contribution in [2.24, 2.45) is 4.99 Å².